The van der Waals surface area contributed by atoms with Crippen LogP contribution in [0.5, 0.6) is 0 Å². The van der Waals surface area contributed by atoms with Crippen molar-refractivity contribution in [3.63, 3.8) is 0 Å². The van der Waals surface area contributed by atoms with Gasteiger partial charge in [-0.05, 0) is 90.8 Å². The zero-order valence-electron chi connectivity index (χ0n) is 20.1. The van der Waals surface area contributed by atoms with E-state index in [1.807, 2.05) is 24.3 Å². The van der Waals surface area contributed by atoms with Crippen molar-refractivity contribution in [1.82, 2.24) is 15.1 Å². The van der Waals surface area contributed by atoms with E-state index in [-0.39, 0.29) is 0 Å². The second-order valence-electron chi connectivity index (χ2n) is 8.78. The molecule has 36 heavy (non-hydrogen) atoms. The molecule has 1 aliphatic heterocycles. The average molecular weight is 502 g/mol. The molecule has 8 heteroatoms. The van der Waals surface area contributed by atoms with E-state index in [1.165, 1.54) is 26.8 Å². The third-order valence-electron chi connectivity index (χ3n) is 6.10. The van der Waals surface area contributed by atoms with Gasteiger partial charge in [-0.1, -0.05) is 18.2 Å². The minimum atomic E-state index is -1.26. The van der Waals surface area contributed by atoms with Gasteiger partial charge in [-0.25, -0.2) is 9.59 Å². The topological polar surface area (TPSA) is 104 Å². The fraction of sp³-hybridized carbons (Fsp3) is 0.214. The Kier molecular flexibility index (Phi) is 7.87. The lowest BCUT2D eigenvalue weighted by atomic mass is 9.85. The highest BCUT2D eigenvalue weighted by Gasteiger charge is 2.23. The molecule has 2 aromatic carbocycles. The minimum Gasteiger partial charge on any atom is -0.478 e. The number of nitrogens with zero attached hydrogens (tertiary/aromatic N) is 3. The molecule has 0 radical (unpaired) electrons. The maximum atomic E-state index is 9.55. The smallest absolute Gasteiger partial charge is 0.328 e. The summed E-state index contributed by atoms with van der Waals surface area (Å²) in [6.45, 7) is 4.04. The third-order valence-corrected chi connectivity index (χ3v) is 7.00. The van der Waals surface area contributed by atoms with Crippen LogP contribution in [0.1, 0.15) is 34.7 Å². The summed E-state index contributed by atoms with van der Waals surface area (Å²) in [5, 5.41) is 27.8. The average Bonchev–Trinajstić information content (AvgIpc) is 3.25. The molecule has 1 unspecified atom stereocenters. The van der Waals surface area contributed by atoms with E-state index < -0.39 is 11.9 Å². The number of fused-ring (bicyclic) bond motifs is 2. The van der Waals surface area contributed by atoms with Crippen LogP contribution in [0.3, 0.4) is 0 Å². The van der Waals surface area contributed by atoms with Gasteiger partial charge < -0.3 is 15.1 Å². The van der Waals surface area contributed by atoms with Crippen LogP contribution in [0.15, 0.2) is 72.1 Å². The molecule has 1 aliphatic rings. The quantitative estimate of drug-likeness (QED) is 0.364. The number of aryl methyl sites for hydroxylation is 1. The zero-order chi connectivity index (χ0) is 25.7. The Labute approximate surface area is 213 Å². The monoisotopic (exact) mass is 501 g/mol. The van der Waals surface area contributed by atoms with Crippen molar-refractivity contribution in [2.75, 3.05) is 13.6 Å². The first-order chi connectivity index (χ1) is 17.3. The lowest BCUT2D eigenvalue weighted by Crippen LogP contribution is -2.17. The summed E-state index contributed by atoms with van der Waals surface area (Å²) in [6, 6.07) is 20.1. The molecule has 7 nitrogen and oxygen atoms in total. The predicted molar refractivity (Wildman–Crippen MR) is 141 cm³/mol. The summed E-state index contributed by atoms with van der Waals surface area (Å²) >= 11 is 1.81. The van der Waals surface area contributed by atoms with Gasteiger partial charge in [0, 0.05) is 34.9 Å². The second-order valence-corrected chi connectivity index (χ2v) is 9.73. The Hall–Kier alpha value is -3.88. The van der Waals surface area contributed by atoms with Gasteiger partial charge in [-0.15, -0.1) is 11.3 Å². The van der Waals surface area contributed by atoms with Crippen LogP contribution in [0, 0.1) is 6.92 Å². The first-order valence-electron chi connectivity index (χ1n) is 11.5. The molecule has 0 saturated carbocycles. The van der Waals surface area contributed by atoms with E-state index in [0.29, 0.717) is 18.1 Å². The Morgan fingerprint density at radius 2 is 1.78 bits per heavy atom. The van der Waals surface area contributed by atoms with Crippen molar-refractivity contribution in [3.05, 3.63) is 94.5 Å². The van der Waals surface area contributed by atoms with E-state index in [2.05, 4.69) is 76.1 Å². The van der Waals surface area contributed by atoms with E-state index in [4.69, 9.17) is 10.2 Å². The lowest BCUT2D eigenvalue weighted by molar-refractivity contribution is -0.134. The molecule has 3 heterocycles. The largest absolute Gasteiger partial charge is 0.478 e. The normalized spacial score (nSPS) is 15.7. The van der Waals surface area contributed by atoms with Gasteiger partial charge in [0.25, 0.3) is 0 Å². The number of carboxylic acid groups (broad SMARTS) is 2. The molecule has 4 aromatic rings. The van der Waals surface area contributed by atoms with Crippen LogP contribution in [-0.4, -0.2) is 50.8 Å². The first-order valence-corrected chi connectivity index (χ1v) is 12.4. The summed E-state index contributed by atoms with van der Waals surface area (Å²) in [5.74, 6) is -2.08. The van der Waals surface area contributed by atoms with Crippen molar-refractivity contribution < 1.29 is 19.8 Å². The predicted octanol–water partition coefficient (Wildman–Crippen LogP) is 5.35. The number of carboxylic acids is 2. The molecule has 5 rings (SSSR count). The van der Waals surface area contributed by atoms with Crippen LogP contribution in [0.25, 0.3) is 21.3 Å². The number of hydrogen-bond donors (Lipinski definition) is 2. The van der Waals surface area contributed by atoms with Gasteiger partial charge in [0.05, 0.1) is 11.4 Å². The van der Waals surface area contributed by atoms with Crippen molar-refractivity contribution >= 4 is 33.4 Å². The van der Waals surface area contributed by atoms with Gasteiger partial charge in [0.15, 0.2) is 0 Å². The van der Waals surface area contributed by atoms with Crippen molar-refractivity contribution in [1.29, 1.82) is 0 Å². The number of aromatic nitrogens is 2. The molecule has 2 aromatic heterocycles. The number of hydrogen-bond acceptors (Lipinski definition) is 6. The molecule has 0 amide bonds. The van der Waals surface area contributed by atoms with Crippen LogP contribution in [-0.2, 0) is 16.1 Å². The van der Waals surface area contributed by atoms with Gasteiger partial charge in [-0.3, -0.25) is 0 Å². The highest BCUT2D eigenvalue weighted by atomic mass is 32.1. The molecule has 0 aliphatic carbocycles. The van der Waals surface area contributed by atoms with Crippen molar-refractivity contribution in [2.24, 2.45) is 0 Å². The molecule has 0 bridgehead atoms. The number of aliphatic carboxylic acids is 2. The van der Waals surface area contributed by atoms with Crippen molar-refractivity contribution in [3.8, 4) is 11.3 Å². The highest BCUT2D eigenvalue weighted by molar-refractivity contribution is 7.17. The molecular formula is C28H27N3O4S. The Bertz CT molecular complexity index is 1400. The second kappa shape index (κ2) is 11.2. The van der Waals surface area contributed by atoms with Crippen LogP contribution >= 0.6 is 11.3 Å². The number of thiophene rings is 1. The fourth-order valence-corrected chi connectivity index (χ4v) is 5.13. The summed E-state index contributed by atoms with van der Waals surface area (Å²) in [4.78, 5) is 21.5. The number of rotatable bonds is 4. The molecule has 0 spiro atoms. The number of benzene rings is 2. The summed E-state index contributed by atoms with van der Waals surface area (Å²) in [6.07, 6.45) is 2.26. The SMILES string of the molecule is Cc1ccc(-c2ccc3c(c2)CN(C)CCC3c2ccc3sccc3c2)nn1.O=C(O)/C=C\C(=O)O. The highest BCUT2D eigenvalue weighted by Crippen LogP contribution is 2.37. The molecule has 0 fully saturated rings. The molecular weight excluding hydrogens is 474 g/mol. The van der Waals surface area contributed by atoms with Gasteiger partial charge in [0.1, 0.15) is 0 Å². The lowest BCUT2D eigenvalue weighted by Gasteiger charge is -2.19. The van der Waals surface area contributed by atoms with Gasteiger partial charge >= 0.3 is 11.9 Å². The molecule has 1 atom stereocenters. The van der Waals surface area contributed by atoms with Crippen molar-refractivity contribution in [2.45, 2.75) is 25.8 Å². The van der Waals surface area contributed by atoms with Gasteiger partial charge in [-0.2, -0.15) is 10.2 Å². The fourth-order valence-electron chi connectivity index (χ4n) is 4.36. The number of carbonyl (C=O) groups is 2. The maximum Gasteiger partial charge on any atom is 0.328 e. The standard InChI is InChI=1S/C24H23N3S.C4H4O4/c1-16-3-7-23(26-25-16)18-4-6-21-20(14-18)15-27(2)11-9-22(21)17-5-8-24-19(13-17)10-12-28-24;5-3(6)1-2-4(7)8/h3-8,10,12-14,22H,9,11,15H2,1-2H3;1-2H,(H,5,6)(H,7,8)/b;2-1-. The first kappa shape index (κ1) is 25.2. The van der Waals surface area contributed by atoms with Crippen LogP contribution in [0.2, 0.25) is 0 Å². The zero-order valence-corrected chi connectivity index (χ0v) is 20.9. The van der Waals surface area contributed by atoms with E-state index in [1.54, 1.807) is 0 Å². The summed E-state index contributed by atoms with van der Waals surface area (Å²) in [5.41, 5.74) is 7.30. The Balaban J connectivity index is 0.000000331. The minimum absolute atomic E-state index is 0.433. The van der Waals surface area contributed by atoms with Crippen LogP contribution in [0.4, 0.5) is 0 Å². The van der Waals surface area contributed by atoms with E-state index in [0.717, 1.165) is 36.5 Å². The summed E-state index contributed by atoms with van der Waals surface area (Å²) in [7, 11) is 2.21. The molecule has 184 valence electrons. The Morgan fingerprint density at radius 3 is 2.47 bits per heavy atom. The Morgan fingerprint density at radius 1 is 1.00 bits per heavy atom. The summed E-state index contributed by atoms with van der Waals surface area (Å²) < 4.78 is 1.36. The maximum absolute atomic E-state index is 9.55. The third kappa shape index (κ3) is 6.21. The van der Waals surface area contributed by atoms with E-state index in [9.17, 15) is 9.59 Å². The van der Waals surface area contributed by atoms with Crippen LogP contribution < -0.4 is 0 Å². The molecule has 2 N–H and O–H groups in total. The van der Waals surface area contributed by atoms with Gasteiger partial charge in [0.2, 0.25) is 0 Å². The molecule has 0 saturated heterocycles. The van der Waals surface area contributed by atoms with E-state index >= 15 is 0 Å².